The highest BCUT2D eigenvalue weighted by atomic mass is 16.4. The van der Waals surface area contributed by atoms with E-state index in [-0.39, 0.29) is 0 Å². The maximum atomic E-state index is 11.5. The number of fused-ring (bicyclic) bond motifs is 1. The summed E-state index contributed by atoms with van der Waals surface area (Å²) in [4.78, 5) is 11.5. The number of hydrogen-bond donors (Lipinski definition) is 1. The van der Waals surface area contributed by atoms with Gasteiger partial charge in [0.2, 0.25) is 0 Å². The van der Waals surface area contributed by atoms with Crippen LogP contribution < -0.4 is 0 Å². The summed E-state index contributed by atoms with van der Waals surface area (Å²) in [5.74, 6) is -0.514. The molecule has 0 radical (unpaired) electrons. The molecule has 0 atom stereocenters. The third-order valence-electron chi connectivity index (χ3n) is 4.35. The molecule has 0 bridgehead atoms. The van der Waals surface area contributed by atoms with E-state index in [4.69, 9.17) is 0 Å². The highest BCUT2D eigenvalue weighted by Gasteiger charge is 2.23. The van der Waals surface area contributed by atoms with Gasteiger partial charge in [0.05, 0.1) is 17.3 Å². The lowest BCUT2D eigenvalue weighted by molar-refractivity contribution is 0.0694. The molecule has 2 heterocycles. The van der Waals surface area contributed by atoms with Crippen LogP contribution in [0.2, 0.25) is 0 Å². The summed E-state index contributed by atoms with van der Waals surface area (Å²) in [7, 11) is 0. The van der Waals surface area contributed by atoms with Crippen molar-refractivity contribution in [1.29, 1.82) is 0 Å². The predicted molar refractivity (Wildman–Crippen MR) is 77.2 cm³/mol. The van der Waals surface area contributed by atoms with Gasteiger partial charge in [0.15, 0.2) is 0 Å². The SMILES string of the molecule is O=C(O)c1cnn2cccc2c1C1CCCCCCC1. The van der Waals surface area contributed by atoms with Crippen molar-refractivity contribution < 1.29 is 9.90 Å². The molecule has 4 nitrogen and oxygen atoms in total. The molecule has 3 rings (SSSR count). The van der Waals surface area contributed by atoms with Crippen LogP contribution in [0.3, 0.4) is 0 Å². The topological polar surface area (TPSA) is 54.6 Å². The van der Waals surface area contributed by atoms with Crippen molar-refractivity contribution in [1.82, 2.24) is 9.61 Å². The number of rotatable bonds is 2. The zero-order chi connectivity index (χ0) is 13.9. The smallest absolute Gasteiger partial charge is 0.337 e. The molecule has 2 aromatic heterocycles. The van der Waals surface area contributed by atoms with Gasteiger partial charge in [-0.3, -0.25) is 0 Å². The first kappa shape index (κ1) is 13.2. The number of hydrogen-bond acceptors (Lipinski definition) is 2. The van der Waals surface area contributed by atoms with Gasteiger partial charge in [-0.15, -0.1) is 0 Å². The maximum absolute atomic E-state index is 11.5. The maximum Gasteiger partial charge on any atom is 0.337 e. The molecule has 1 saturated carbocycles. The number of carboxylic acids is 1. The summed E-state index contributed by atoms with van der Waals surface area (Å²) in [5, 5.41) is 13.7. The number of aromatic nitrogens is 2. The van der Waals surface area contributed by atoms with Crippen LogP contribution >= 0.6 is 0 Å². The van der Waals surface area contributed by atoms with Crippen molar-refractivity contribution in [2.45, 2.75) is 50.9 Å². The fraction of sp³-hybridized carbons (Fsp3) is 0.500. The van der Waals surface area contributed by atoms with E-state index < -0.39 is 5.97 Å². The highest BCUT2D eigenvalue weighted by Crippen LogP contribution is 2.35. The van der Waals surface area contributed by atoms with E-state index in [1.165, 1.54) is 38.3 Å². The molecule has 0 spiro atoms. The molecule has 4 heteroatoms. The zero-order valence-electron chi connectivity index (χ0n) is 11.6. The van der Waals surface area contributed by atoms with E-state index in [0.29, 0.717) is 11.5 Å². The van der Waals surface area contributed by atoms with Crippen molar-refractivity contribution in [3.63, 3.8) is 0 Å². The molecule has 106 valence electrons. The summed E-state index contributed by atoms with van der Waals surface area (Å²) < 4.78 is 1.79. The van der Waals surface area contributed by atoms with Crippen LogP contribution in [-0.4, -0.2) is 20.7 Å². The molecule has 0 aliphatic heterocycles. The lowest BCUT2D eigenvalue weighted by Gasteiger charge is -2.22. The van der Waals surface area contributed by atoms with Crippen LogP contribution in [0.25, 0.3) is 5.52 Å². The number of carboxylic acid groups (broad SMARTS) is 1. The van der Waals surface area contributed by atoms with Crippen molar-refractivity contribution >= 4 is 11.5 Å². The minimum absolute atomic E-state index is 0.349. The molecule has 2 aromatic rings. The number of carbonyl (C=O) groups is 1. The fourth-order valence-corrected chi connectivity index (χ4v) is 3.36. The predicted octanol–water partition coefficient (Wildman–Crippen LogP) is 3.86. The van der Waals surface area contributed by atoms with Crippen LogP contribution in [0, 0.1) is 0 Å². The zero-order valence-corrected chi connectivity index (χ0v) is 11.6. The van der Waals surface area contributed by atoms with E-state index >= 15 is 0 Å². The van der Waals surface area contributed by atoms with Crippen molar-refractivity contribution in [2.75, 3.05) is 0 Å². The van der Waals surface area contributed by atoms with Gasteiger partial charge in [-0.1, -0.05) is 32.1 Å². The van der Waals surface area contributed by atoms with Crippen LogP contribution in [0.1, 0.15) is 66.8 Å². The van der Waals surface area contributed by atoms with Crippen LogP contribution in [0.4, 0.5) is 0 Å². The van der Waals surface area contributed by atoms with Gasteiger partial charge in [0.1, 0.15) is 0 Å². The molecule has 0 saturated heterocycles. The summed E-state index contributed by atoms with van der Waals surface area (Å²) in [6, 6.07) is 3.91. The van der Waals surface area contributed by atoms with E-state index in [0.717, 1.165) is 23.9 Å². The van der Waals surface area contributed by atoms with E-state index in [1.54, 1.807) is 4.52 Å². The molecule has 1 aliphatic rings. The van der Waals surface area contributed by atoms with Crippen LogP contribution in [0.15, 0.2) is 24.5 Å². The van der Waals surface area contributed by atoms with Gasteiger partial charge in [-0.2, -0.15) is 5.10 Å². The largest absolute Gasteiger partial charge is 0.478 e. The lowest BCUT2D eigenvalue weighted by Crippen LogP contribution is -2.12. The Kier molecular flexibility index (Phi) is 3.72. The second-order valence-corrected chi connectivity index (χ2v) is 5.66. The van der Waals surface area contributed by atoms with Gasteiger partial charge < -0.3 is 5.11 Å². The summed E-state index contributed by atoms with van der Waals surface area (Å²) in [5.41, 5.74) is 2.32. The third kappa shape index (κ3) is 2.42. The molecule has 1 N–H and O–H groups in total. The second kappa shape index (κ2) is 5.65. The Morgan fingerprint density at radius 3 is 2.60 bits per heavy atom. The van der Waals surface area contributed by atoms with Crippen molar-refractivity contribution in [3.05, 3.63) is 35.7 Å². The number of nitrogens with zero attached hydrogens (tertiary/aromatic N) is 2. The fourth-order valence-electron chi connectivity index (χ4n) is 3.36. The van der Waals surface area contributed by atoms with Gasteiger partial charge in [-0.05, 0) is 36.5 Å². The first-order valence-electron chi connectivity index (χ1n) is 7.47. The van der Waals surface area contributed by atoms with Gasteiger partial charge in [0.25, 0.3) is 0 Å². The van der Waals surface area contributed by atoms with E-state index in [2.05, 4.69) is 5.10 Å². The Morgan fingerprint density at radius 1 is 1.20 bits per heavy atom. The standard InChI is InChI=1S/C16H20N2O2/c19-16(20)13-11-17-18-10-6-9-14(18)15(13)12-7-4-2-1-3-5-8-12/h6,9-12H,1-5,7-8H2,(H,19,20). The highest BCUT2D eigenvalue weighted by molar-refractivity contribution is 5.91. The summed E-state index contributed by atoms with van der Waals surface area (Å²) >= 11 is 0. The third-order valence-corrected chi connectivity index (χ3v) is 4.35. The second-order valence-electron chi connectivity index (χ2n) is 5.66. The Labute approximate surface area is 118 Å². The average Bonchev–Trinajstić information content (AvgIpc) is 2.85. The molecular formula is C16H20N2O2. The van der Waals surface area contributed by atoms with Gasteiger partial charge in [-0.25, -0.2) is 9.31 Å². The monoisotopic (exact) mass is 272 g/mol. The average molecular weight is 272 g/mol. The Hall–Kier alpha value is -1.84. The van der Waals surface area contributed by atoms with Crippen LogP contribution in [0.5, 0.6) is 0 Å². The Bertz CT molecular complexity index is 610. The quantitative estimate of drug-likeness (QED) is 0.903. The minimum atomic E-state index is -0.863. The van der Waals surface area contributed by atoms with Crippen molar-refractivity contribution in [2.24, 2.45) is 0 Å². The first-order valence-corrected chi connectivity index (χ1v) is 7.47. The molecular weight excluding hydrogens is 252 g/mol. The summed E-state index contributed by atoms with van der Waals surface area (Å²) in [6.45, 7) is 0. The van der Waals surface area contributed by atoms with E-state index in [1.807, 2.05) is 18.3 Å². The molecule has 20 heavy (non-hydrogen) atoms. The Balaban J connectivity index is 2.08. The van der Waals surface area contributed by atoms with Crippen LogP contribution in [-0.2, 0) is 0 Å². The molecule has 0 aromatic carbocycles. The summed E-state index contributed by atoms with van der Waals surface area (Å²) in [6.07, 6.45) is 11.8. The van der Waals surface area contributed by atoms with Gasteiger partial charge >= 0.3 is 5.97 Å². The van der Waals surface area contributed by atoms with Gasteiger partial charge in [0, 0.05) is 6.20 Å². The van der Waals surface area contributed by atoms with Crippen molar-refractivity contribution in [3.8, 4) is 0 Å². The first-order chi connectivity index (χ1) is 9.77. The number of aromatic carboxylic acids is 1. The lowest BCUT2D eigenvalue weighted by atomic mass is 9.84. The normalized spacial score (nSPS) is 17.8. The Morgan fingerprint density at radius 2 is 1.90 bits per heavy atom. The molecule has 0 amide bonds. The molecule has 1 aliphatic carbocycles. The minimum Gasteiger partial charge on any atom is -0.478 e. The molecule has 0 unspecified atom stereocenters. The molecule has 1 fully saturated rings. The van der Waals surface area contributed by atoms with E-state index in [9.17, 15) is 9.90 Å².